The van der Waals surface area contributed by atoms with Gasteiger partial charge in [0, 0.05) is 22.7 Å². The molecule has 6 heteroatoms. The molecule has 0 unspecified atom stereocenters. The Hall–Kier alpha value is -0.590. The standard InChI is InChI=1S/C12H17BrN2O2S/c1-9-2-3-11(8-12(9)13)15-18(16,17)7-6-14-10-4-5-10/h2-3,8,10,14-15H,4-7H2,1H3. The zero-order valence-corrected chi connectivity index (χ0v) is 12.6. The van der Waals surface area contributed by atoms with Crippen molar-refractivity contribution in [2.24, 2.45) is 0 Å². The van der Waals surface area contributed by atoms with Gasteiger partial charge in [0.05, 0.1) is 5.75 Å². The van der Waals surface area contributed by atoms with Gasteiger partial charge in [0.2, 0.25) is 10.0 Å². The Morgan fingerprint density at radius 1 is 1.39 bits per heavy atom. The number of halogens is 1. The van der Waals surface area contributed by atoms with E-state index in [9.17, 15) is 8.42 Å². The molecule has 2 rings (SSSR count). The van der Waals surface area contributed by atoms with Crippen molar-refractivity contribution in [3.63, 3.8) is 0 Å². The van der Waals surface area contributed by atoms with Crippen LogP contribution >= 0.6 is 15.9 Å². The lowest BCUT2D eigenvalue weighted by Crippen LogP contribution is -2.28. The fourth-order valence-corrected chi connectivity index (χ4v) is 2.93. The predicted octanol–water partition coefficient (Wildman–Crippen LogP) is 2.25. The van der Waals surface area contributed by atoms with Crippen molar-refractivity contribution in [3.05, 3.63) is 28.2 Å². The molecule has 0 aromatic heterocycles. The van der Waals surface area contributed by atoms with Gasteiger partial charge in [-0.05, 0) is 37.5 Å². The Bertz CT molecular complexity index is 527. The summed E-state index contributed by atoms with van der Waals surface area (Å²) < 4.78 is 27.1. The summed E-state index contributed by atoms with van der Waals surface area (Å²) in [7, 11) is -3.27. The summed E-state index contributed by atoms with van der Waals surface area (Å²) in [5.41, 5.74) is 1.67. The van der Waals surface area contributed by atoms with Crippen molar-refractivity contribution in [1.29, 1.82) is 0 Å². The zero-order chi connectivity index (χ0) is 13.2. The maximum atomic E-state index is 11.8. The number of rotatable bonds is 6. The molecule has 1 saturated carbocycles. The minimum atomic E-state index is -3.27. The third-order valence-electron chi connectivity index (χ3n) is 2.83. The van der Waals surface area contributed by atoms with E-state index in [0.29, 0.717) is 18.3 Å². The first-order chi connectivity index (χ1) is 8.46. The Kier molecular flexibility index (Phi) is 4.29. The normalized spacial score (nSPS) is 15.7. The Morgan fingerprint density at radius 2 is 2.11 bits per heavy atom. The second kappa shape index (κ2) is 5.59. The molecule has 18 heavy (non-hydrogen) atoms. The van der Waals surface area contributed by atoms with Crippen LogP contribution in [0.4, 0.5) is 5.69 Å². The molecule has 1 aliphatic carbocycles. The van der Waals surface area contributed by atoms with Crippen molar-refractivity contribution in [3.8, 4) is 0 Å². The van der Waals surface area contributed by atoms with Gasteiger partial charge in [-0.2, -0.15) is 0 Å². The summed E-state index contributed by atoms with van der Waals surface area (Å²) in [5.74, 6) is 0.106. The summed E-state index contributed by atoms with van der Waals surface area (Å²) in [5, 5.41) is 3.19. The van der Waals surface area contributed by atoms with Gasteiger partial charge in [-0.15, -0.1) is 0 Å². The van der Waals surface area contributed by atoms with Gasteiger partial charge < -0.3 is 5.32 Å². The van der Waals surface area contributed by atoms with Crippen molar-refractivity contribution in [2.75, 3.05) is 17.0 Å². The number of aryl methyl sites for hydroxylation is 1. The van der Waals surface area contributed by atoms with E-state index in [4.69, 9.17) is 0 Å². The molecular formula is C12H17BrN2O2S. The molecule has 1 fully saturated rings. The van der Waals surface area contributed by atoms with E-state index in [0.717, 1.165) is 10.0 Å². The van der Waals surface area contributed by atoms with E-state index in [2.05, 4.69) is 26.0 Å². The number of hydrogen-bond acceptors (Lipinski definition) is 3. The highest BCUT2D eigenvalue weighted by molar-refractivity contribution is 9.10. The lowest BCUT2D eigenvalue weighted by molar-refractivity contribution is 0.595. The molecule has 1 aliphatic rings. The van der Waals surface area contributed by atoms with Crippen LogP contribution in [-0.2, 0) is 10.0 Å². The predicted molar refractivity (Wildman–Crippen MR) is 77.3 cm³/mol. The summed E-state index contributed by atoms with van der Waals surface area (Å²) >= 11 is 3.39. The highest BCUT2D eigenvalue weighted by Gasteiger charge is 2.21. The molecule has 0 atom stereocenters. The Balaban J connectivity index is 1.91. The fourth-order valence-electron chi connectivity index (χ4n) is 1.57. The molecule has 1 aromatic carbocycles. The second-order valence-electron chi connectivity index (χ2n) is 4.61. The molecule has 1 aromatic rings. The number of nitrogens with one attached hydrogen (secondary N) is 2. The third kappa shape index (κ3) is 4.26. The van der Waals surface area contributed by atoms with Gasteiger partial charge in [0.1, 0.15) is 0 Å². The molecule has 4 nitrogen and oxygen atoms in total. The van der Waals surface area contributed by atoms with Gasteiger partial charge in [-0.1, -0.05) is 22.0 Å². The minimum absolute atomic E-state index is 0.106. The van der Waals surface area contributed by atoms with Crippen molar-refractivity contribution >= 4 is 31.6 Å². The maximum Gasteiger partial charge on any atom is 0.233 e. The fraction of sp³-hybridized carbons (Fsp3) is 0.500. The van der Waals surface area contributed by atoms with Crippen LogP contribution < -0.4 is 10.0 Å². The highest BCUT2D eigenvalue weighted by atomic mass is 79.9. The SMILES string of the molecule is Cc1ccc(NS(=O)(=O)CCNC2CC2)cc1Br. The molecule has 0 spiro atoms. The van der Waals surface area contributed by atoms with E-state index in [-0.39, 0.29) is 5.75 Å². The number of hydrogen-bond donors (Lipinski definition) is 2. The third-order valence-corrected chi connectivity index (χ3v) is 4.97. The molecule has 0 aliphatic heterocycles. The summed E-state index contributed by atoms with van der Waals surface area (Å²) in [6.07, 6.45) is 2.33. The van der Waals surface area contributed by atoms with Crippen LogP contribution in [0.3, 0.4) is 0 Å². The molecule has 0 bridgehead atoms. The molecular weight excluding hydrogens is 316 g/mol. The monoisotopic (exact) mass is 332 g/mol. The largest absolute Gasteiger partial charge is 0.313 e. The molecule has 0 radical (unpaired) electrons. The highest BCUT2D eigenvalue weighted by Crippen LogP contribution is 2.21. The molecule has 100 valence electrons. The topological polar surface area (TPSA) is 58.2 Å². The molecule has 0 amide bonds. The van der Waals surface area contributed by atoms with Gasteiger partial charge in [0.15, 0.2) is 0 Å². The smallest absolute Gasteiger partial charge is 0.233 e. The van der Waals surface area contributed by atoms with Gasteiger partial charge in [0.25, 0.3) is 0 Å². The lowest BCUT2D eigenvalue weighted by atomic mass is 10.2. The van der Waals surface area contributed by atoms with Crippen LogP contribution in [0, 0.1) is 6.92 Å². The van der Waals surface area contributed by atoms with E-state index < -0.39 is 10.0 Å². The van der Waals surface area contributed by atoms with Crippen molar-refractivity contribution < 1.29 is 8.42 Å². The van der Waals surface area contributed by atoms with Crippen molar-refractivity contribution in [2.45, 2.75) is 25.8 Å². The zero-order valence-electron chi connectivity index (χ0n) is 10.2. The quantitative estimate of drug-likeness (QED) is 0.840. The van der Waals surface area contributed by atoms with Crippen LogP contribution in [0.1, 0.15) is 18.4 Å². The molecule has 0 saturated heterocycles. The van der Waals surface area contributed by atoms with Gasteiger partial charge >= 0.3 is 0 Å². The van der Waals surface area contributed by atoms with Gasteiger partial charge in [-0.3, -0.25) is 4.72 Å². The van der Waals surface area contributed by atoms with Crippen LogP contribution in [-0.4, -0.2) is 26.8 Å². The van der Waals surface area contributed by atoms with Gasteiger partial charge in [-0.25, -0.2) is 8.42 Å². The first-order valence-electron chi connectivity index (χ1n) is 5.96. The van der Waals surface area contributed by atoms with Crippen LogP contribution in [0.5, 0.6) is 0 Å². The summed E-state index contributed by atoms with van der Waals surface area (Å²) in [6, 6.07) is 5.96. The van der Waals surface area contributed by atoms with Crippen LogP contribution in [0.25, 0.3) is 0 Å². The summed E-state index contributed by atoms with van der Waals surface area (Å²) in [4.78, 5) is 0. The number of anilines is 1. The lowest BCUT2D eigenvalue weighted by Gasteiger charge is -2.09. The average molecular weight is 333 g/mol. The van der Waals surface area contributed by atoms with E-state index in [1.807, 2.05) is 13.0 Å². The second-order valence-corrected chi connectivity index (χ2v) is 7.31. The maximum absolute atomic E-state index is 11.8. The van der Waals surface area contributed by atoms with E-state index in [1.165, 1.54) is 12.8 Å². The first-order valence-corrected chi connectivity index (χ1v) is 8.41. The molecule has 0 heterocycles. The van der Waals surface area contributed by atoms with Crippen LogP contribution in [0.15, 0.2) is 22.7 Å². The van der Waals surface area contributed by atoms with Crippen LogP contribution in [0.2, 0.25) is 0 Å². The van der Waals surface area contributed by atoms with E-state index >= 15 is 0 Å². The Morgan fingerprint density at radius 3 is 2.72 bits per heavy atom. The first kappa shape index (κ1) is 13.8. The Labute approximate surface area is 116 Å². The van der Waals surface area contributed by atoms with Crippen molar-refractivity contribution in [1.82, 2.24) is 5.32 Å². The van der Waals surface area contributed by atoms with E-state index in [1.54, 1.807) is 12.1 Å². The average Bonchev–Trinajstić information content (AvgIpc) is 3.07. The minimum Gasteiger partial charge on any atom is -0.313 e. The number of benzene rings is 1. The summed E-state index contributed by atoms with van der Waals surface area (Å²) in [6.45, 7) is 2.47. The molecule has 2 N–H and O–H groups in total. The number of sulfonamides is 1.